The molecule has 2 amide bonds. The van der Waals surface area contributed by atoms with Crippen molar-refractivity contribution in [3.05, 3.63) is 41.6 Å². The minimum Gasteiger partial charge on any atom is -0.338 e. The lowest BCUT2D eigenvalue weighted by Crippen LogP contribution is -2.34. The first-order valence-corrected chi connectivity index (χ1v) is 8.28. The standard InChI is InChI=1S/C17H24N6O/c1-13-5-3-4-6-15(13)11-23-8-7-14(10-23)9-18-17(24)19-16-12-22(2)21-20-16/h3-6,12,14H,7-11H2,1-2H3,(H2,18,19,24)/t14-/m0/s1. The summed E-state index contributed by atoms with van der Waals surface area (Å²) in [6, 6.07) is 8.28. The number of carbonyl (C=O) groups is 1. The molecule has 1 fully saturated rings. The first-order chi connectivity index (χ1) is 11.6. The van der Waals surface area contributed by atoms with E-state index in [0.29, 0.717) is 18.3 Å². The number of anilines is 1. The fraction of sp³-hybridized carbons (Fsp3) is 0.471. The Morgan fingerprint density at radius 3 is 2.96 bits per heavy atom. The molecule has 0 radical (unpaired) electrons. The van der Waals surface area contributed by atoms with E-state index in [2.05, 4.69) is 57.0 Å². The SMILES string of the molecule is Cc1ccccc1CN1CC[C@@H](CNC(=O)Nc2cn(C)nn2)C1. The van der Waals surface area contributed by atoms with Gasteiger partial charge in [-0.05, 0) is 36.9 Å². The maximum Gasteiger partial charge on any atom is 0.320 e. The molecule has 7 heteroatoms. The first-order valence-electron chi connectivity index (χ1n) is 8.28. The molecule has 0 bridgehead atoms. The van der Waals surface area contributed by atoms with Gasteiger partial charge in [0.05, 0.1) is 6.20 Å². The van der Waals surface area contributed by atoms with E-state index >= 15 is 0 Å². The van der Waals surface area contributed by atoms with Gasteiger partial charge in [-0.2, -0.15) is 0 Å². The first kappa shape index (κ1) is 16.4. The Balaban J connectivity index is 1.41. The lowest BCUT2D eigenvalue weighted by Gasteiger charge is -2.17. The van der Waals surface area contributed by atoms with E-state index in [4.69, 9.17) is 0 Å². The van der Waals surface area contributed by atoms with Crippen LogP contribution in [0.2, 0.25) is 0 Å². The normalized spacial score (nSPS) is 17.8. The fourth-order valence-corrected chi connectivity index (χ4v) is 3.05. The van der Waals surface area contributed by atoms with Crippen LogP contribution >= 0.6 is 0 Å². The van der Waals surface area contributed by atoms with Gasteiger partial charge in [-0.3, -0.25) is 14.9 Å². The maximum atomic E-state index is 11.9. The molecule has 24 heavy (non-hydrogen) atoms. The highest BCUT2D eigenvalue weighted by molar-refractivity contribution is 5.87. The van der Waals surface area contributed by atoms with Crippen LogP contribution in [0.25, 0.3) is 0 Å². The van der Waals surface area contributed by atoms with Crippen LogP contribution in [-0.2, 0) is 13.6 Å². The number of aromatic nitrogens is 3. The van der Waals surface area contributed by atoms with Gasteiger partial charge in [0.1, 0.15) is 0 Å². The third-order valence-electron chi connectivity index (χ3n) is 4.42. The Morgan fingerprint density at radius 2 is 2.21 bits per heavy atom. The van der Waals surface area contributed by atoms with E-state index in [9.17, 15) is 4.79 Å². The summed E-state index contributed by atoms with van der Waals surface area (Å²) in [6.45, 7) is 5.90. The van der Waals surface area contributed by atoms with Crippen LogP contribution in [0.1, 0.15) is 17.5 Å². The molecule has 0 aliphatic carbocycles. The van der Waals surface area contributed by atoms with Crippen LogP contribution in [0.15, 0.2) is 30.5 Å². The highest BCUT2D eigenvalue weighted by Crippen LogP contribution is 2.19. The minimum absolute atomic E-state index is 0.229. The summed E-state index contributed by atoms with van der Waals surface area (Å²) in [6.07, 6.45) is 2.77. The van der Waals surface area contributed by atoms with Gasteiger partial charge < -0.3 is 5.32 Å². The summed E-state index contributed by atoms with van der Waals surface area (Å²) in [5.74, 6) is 0.948. The molecule has 3 rings (SSSR count). The molecule has 1 saturated heterocycles. The number of urea groups is 1. The molecule has 2 heterocycles. The van der Waals surface area contributed by atoms with Crippen LogP contribution < -0.4 is 10.6 Å². The van der Waals surface area contributed by atoms with Crippen molar-refractivity contribution >= 4 is 11.8 Å². The summed E-state index contributed by atoms with van der Waals surface area (Å²) in [4.78, 5) is 14.3. The number of nitrogens with zero attached hydrogens (tertiary/aromatic N) is 4. The zero-order valence-corrected chi connectivity index (χ0v) is 14.2. The van der Waals surface area contributed by atoms with E-state index in [-0.39, 0.29) is 6.03 Å². The minimum atomic E-state index is -0.229. The number of benzene rings is 1. The summed E-state index contributed by atoms with van der Waals surface area (Å²) in [5.41, 5.74) is 2.72. The van der Waals surface area contributed by atoms with Gasteiger partial charge in [0.25, 0.3) is 0 Å². The van der Waals surface area contributed by atoms with Gasteiger partial charge in [0.15, 0.2) is 5.82 Å². The number of likely N-dealkylation sites (tertiary alicyclic amines) is 1. The number of hydrogen-bond donors (Lipinski definition) is 2. The Labute approximate surface area is 142 Å². The number of hydrogen-bond acceptors (Lipinski definition) is 4. The molecule has 7 nitrogen and oxygen atoms in total. The third kappa shape index (κ3) is 4.32. The van der Waals surface area contributed by atoms with Gasteiger partial charge >= 0.3 is 6.03 Å². The molecule has 128 valence electrons. The van der Waals surface area contributed by atoms with Crippen LogP contribution in [0.3, 0.4) is 0 Å². The van der Waals surface area contributed by atoms with Crippen molar-refractivity contribution in [1.82, 2.24) is 25.2 Å². The second kappa shape index (κ2) is 7.44. The number of rotatable bonds is 5. The Hall–Kier alpha value is -2.41. The predicted octanol–water partition coefficient (Wildman–Crippen LogP) is 1.77. The topological polar surface area (TPSA) is 75.1 Å². The molecule has 0 saturated carbocycles. The lowest BCUT2D eigenvalue weighted by atomic mass is 10.1. The second-order valence-electron chi connectivity index (χ2n) is 6.43. The maximum absolute atomic E-state index is 11.9. The molecular weight excluding hydrogens is 304 g/mol. The molecule has 0 unspecified atom stereocenters. The average Bonchev–Trinajstić information content (AvgIpc) is 3.17. The quantitative estimate of drug-likeness (QED) is 0.877. The Kier molecular flexibility index (Phi) is 5.10. The van der Waals surface area contributed by atoms with E-state index in [1.165, 1.54) is 11.1 Å². The molecule has 2 aromatic rings. The third-order valence-corrected chi connectivity index (χ3v) is 4.42. The van der Waals surface area contributed by atoms with Crippen LogP contribution in [0.5, 0.6) is 0 Å². The van der Waals surface area contributed by atoms with E-state index in [1.807, 2.05) is 0 Å². The number of nitrogens with one attached hydrogen (secondary N) is 2. The van der Waals surface area contributed by atoms with Crippen molar-refractivity contribution in [3.8, 4) is 0 Å². The van der Waals surface area contributed by atoms with Gasteiger partial charge in [-0.15, -0.1) is 5.10 Å². The zero-order valence-electron chi connectivity index (χ0n) is 14.2. The highest BCUT2D eigenvalue weighted by atomic mass is 16.2. The molecule has 1 atom stereocenters. The lowest BCUT2D eigenvalue weighted by molar-refractivity contribution is 0.249. The van der Waals surface area contributed by atoms with Crippen molar-refractivity contribution in [2.45, 2.75) is 19.9 Å². The molecular formula is C17H24N6O. The van der Waals surface area contributed by atoms with Crippen molar-refractivity contribution in [3.63, 3.8) is 0 Å². The van der Waals surface area contributed by atoms with Gasteiger partial charge in [-0.25, -0.2) is 4.79 Å². The van der Waals surface area contributed by atoms with Crippen molar-refractivity contribution < 1.29 is 4.79 Å². The molecule has 1 aliphatic heterocycles. The molecule has 1 aliphatic rings. The van der Waals surface area contributed by atoms with Gasteiger partial charge in [-0.1, -0.05) is 29.5 Å². The van der Waals surface area contributed by atoms with Gasteiger partial charge in [0, 0.05) is 26.7 Å². The molecule has 1 aromatic carbocycles. The summed E-state index contributed by atoms with van der Waals surface area (Å²) in [5, 5.41) is 13.2. The van der Waals surface area contributed by atoms with E-state index < -0.39 is 0 Å². The summed E-state index contributed by atoms with van der Waals surface area (Å²) >= 11 is 0. The van der Waals surface area contributed by atoms with Crippen LogP contribution in [0, 0.1) is 12.8 Å². The van der Waals surface area contributed by atoms with Crippen molar-refractivity contribution in [2.24, 2.45) is 13.0 Å². The number of amides is 2. The average molecular weight is 328 g/mol. The largest absolute Gasteiger partial charge is 0.338 e. The molecule has 2 N–H and O–H groups in total. The number of carbonyl (C=O) groups excluding carboxylic acids is 1. The number of aryl methyl sites for hydroxylation is 2. The van der Waals surface area contributed by atoms with Crippen molar-refractivity contribution in [1.29, 1.82) is 0 Å². The van der Waals surface area contributed by atoms with Crippen molar-refractivity contribution in [2.75, 3.05) is 25.0 Å². The van der Waals surface area contributed by atoms with E-state index in [1.54, 1.807) is 17.9 Å². The smallest absolute Gasteiger partial charge is 0.320 e. The predicted molar refractivity (Wildman–Crippen MR) is 92.6 cm³/mol. The highest BCUT2D eigenvalue weighted by Gasteiger charge is 2.23. The summed E-state index contributed by atoms with van der Waals surface area (Å²) < 4.78 is 1.55. The molecule has 1 aromatic heterocycles. The van der Waals surface area contributed by atoms with E-state index in [0.717, 1.165) is 26.1 Å². The fourth-order valence-electron chi connectivity index (χ4n) is 3.05. The van der Waals surface area contributed by atoms with Crippen LogP contribution in [-0.4, -0.2) is 45.6 Å². The second-order valence-corrected chi connectivity index (χ2v) is 6.43. The summed E-state index contributed by atoms with van der Waals surface area (Å²) in [7, 11) is 1.76. The van der Waals surface area contributed by atoms with Crippen LogP contribution in [0.4, 0.5) is 10.6 Å². The molecule has 0 spiro atoms. The van der Waals surface area contributed by atoms with Gasteiger partial charge in [0.2, 0.25) is 0 Å². The Bertz CT molecular complexity index is 698. The monoisotopic (exact) mass is 328 g/mol. The Morgan fingerprint density at radius 1 is 1.38 bits per heavy atom. The zero-order chi connectivity index (χ0) is 16.9.